The van der Waals surface area contributed by atoms with E-state index in [9.17, 15) is 0 Å². The first-order chi connectivity index (χ1) is 25.7. The van der Waals surface area contributed by atoms with Crippen LogP contribution in [0.25, 0.3) is 22.3 Å². The van der Waals surface area contributed by atoms with E-state index in [1.165, 1.54) is 4.90 Å². The zero-order chi connectivity index (χ0) is 38.4. The largest absolute Gasteiger partial charge is 0.455 e. The number of nitrogens with zero attached hydrogens (tertiary/aromatic N) is 2. The van der Waals surface area contributed by atoms with Gasteiger partial charge in [-0.3, -0.25) is 0 Å². The molecule has 0 unspecified atom stereocenters. The van der Waals surface area contributed by atoms with E-state index in [1.54, 1.807) is 0 Å². The van der Waals surface area contributed by atoms with Crippen molar-refractivity contribution in [2.45, 2.75) is 9.79 Å². The third kappa shape index (κ3) is 5.42. The Balaban J connectivity index is 1.33. The molecule has 0 spiro atoms. The lowest BCUT2D eigenvalue weighted by Gasteiger charge is -2.33. The minimum Gasteiger partial charge on any atom is -0.455 e. The molecule has 0 atom stereocenters. The van der Waals surface area contributed by atoms with E-state index in [0.717, 1.165) is 44.4 Å². The zero-order valence-corrected chi connectivity index (χ0v) is 30.5. The monoisotopic (exact) mass is 688 g/mol. The fourth-order valence-electron chi connectivity index (χ4n) is 7.40. The Morgan fingerprint density at radius 3 is 1.31 bits per heavy atom. The highest BCUT2D eigenvalue weighted by atomic mass is 32.3. The smallest absolute Gasteiger partial charge is 0.148 e. The van der Waals surface area contributed by atoms with Gasteiger partial charge in [-0.1, -0.05) is 58.2 Å². The molecule has 3 nitrogen and oxygen atoms in total. The molecule has 1 aliphatic heterocycles. The fourth-order valence-corrected chi connectivity index (χ4v) is 10.1. The molecular weight excluding hydrogens is 665 g/mol. The van der Waals surface area contributed by atoms with Crippen LogP contribution in [0.15, 0.2) is 111 Å². The summed E-state index contributed by atoms with van der Waals surface area (Å²) in [7, 11) is 62.7. The van der Waals surface area contributed by atoms with Gasteiger partial charge >= 0.3 is 0 Å². The molecule has 2 heterocycles. The second-order valence-corrected chi connectivity index (χ2v) is 17.1. The van der Waals surface area contributed by atoms with Gasteiger partial charge in [-0.2, -0.15) is 10.0 Å². The number of para-hydroxylation sites is 2. The standard InChI is InChI=1S/C40H22B10N2OS/c1-54(2)26-16-14-21(51(19-9-5-3-6-10-19)37-33(47)29(43)27(41)30(44)34(37)48)17-24(26)39-40(54)23-15-13-22(18-25(23)53-39)52(20-11-7-4-8-12-20)38-35(49)31(45)28(42)32(46)36(38)50/h3-18H,1-2H3. The molecule has 0 saturated carbocycles. The van der Waals surface area contributed by atoms with Crippen LogP contribution in [0.4, 0.5) is 34.1 Å². The first-order valence-corrected chi connectivity index (χ1v) is 19.4. The van der Waals surface area contributed by atoms with Crippen molar-refractivity contribution in [3.05, 3.63) is 97.1 Å². The minimum atomic E-state index is -1.54. The van der Waals surface area contributed by atoms with E-state index in [4.69, 9.17) is 82.9 Å². The molecule has 8 rings (SSSR count). The third-order valence-electron chi connectivity index (χ3n) is 10.2. The van der Waals surface area contributed by atoms with E-state index >= 15 is 0 Å². The number of benzene rings is 6. The SMILES string of the molecule is [B]c1c([B])c([B])c(N(c2ccccc2)c2ccc3c(c2)-c2oc4cc(N(c5ccccc5)c5c([B])c([B])c([B])c([B])c5[B])ccc4c2S3(C)C)c([B])c1[B]. The molecule has 1 aromatic heterocycles. The Hall–Kier alpha value is -4.54. The molecule has 1 aliphatic rings. The van der Waals surface area contributed by atoms with Crippen LogP contribution in [0.5, 0.6) is 0 Å². The molecule has 0 amide bonds. The number of furan rings is 1. The van der Waals surface area contributed by atoms with E-state index in [0.29, 0.717) is 17.0 Å². The molecular formula is C40H22B10N2OS. The highest BCUT2D eigenvalue weighted by molar-refractivity contribution is 8.33. The Morgan fingerprint density at radius 1 is 0.444 bits per heavy atom. The average molecular weight is 687 g/mol. The van der Waals surface area contributed by atoms with Crippen LogP contribution in [-0.4, -0.2) is 91.0 Å². The molecule has 54 heavy (non-hydrogen) atoms. The number of rotatable bonds is 6. The van der Waals surface area contributed by atoms with Crippen molar-refractivity contribution in [2.24, 2.45) is 0 Å². The van der Waals surface area contributed by atoms with Gasteiger partial charge in [0.2, 0.25) is 0 Å². The first kappa shape index (κ1) is 36.4. The summed E-state index contributed by atoms with van der Waals surface area (Å²) in [5.41, 5.74) is 7.36. The van der Waals surface area contributed by atoms with Crippen LogP contribution < -0.4 is 64.4 Å². The van der Waals surface area contributed by atoms with Crippen molar-refractivity contribution in [1.29, 1.82) is 0 Å². The lowest BCUT2D eigenvalue weighted by molar-refractivity contribution is 0.625. The molecule has 0 bridgehead atoms. The predicted molar refractivity (Wildman–Crippen MR) is 241 cm³/mol. The van der Waals surface area contributed by atoms with Crippen molar-refractivity contribution in [1.82, 2.24) is 0 Å². The molecule has 7 aromatic rings. The average Bonchev–Trinajstić information content (AvgIpc) is 3.67. The quantitative estimate of drug-likeness (QED) is 0.226. The summed E-state index contributed by atoms with van der Waals surface area (Å²) in [5.74, 6) is 0.774. The van der Waals surface area contributed by atoms with Gasteiger partial charge in [-0.15, -0.1) is 32.8 Å². The van der Waals surface area contributed by atoms with Crippen LogP contribution >= 0.6 is 10.0 Å². The zero-order valence-electron chi connectivity index (χ0n) is 29.7. The molecule has 0 fully saturated rings. The van der Waals surface area contributed by atoms with Gasteiger partial charge in [0.25, 0.3) is 0 Å². The van der Waals surface area contributed by atoms with Gasteiger partial charge in [-0.05, 0) is 67.1 Å². The topological polar surface area (TPSA) is 19.6 Å². The molecule has 0 aliphatic carbocycles. The molecule has 6 aromatic carbocycles. The van der Waals surface area contributed by atoms with Crippen LogP contribution in [0.1, 0.15) is 0 Å². The summed E-state index contributed by atoms with van der Waals surface area (Å²) < 4.78 is 6.85. The Morgan fingerprint density at radius 2 is 0.852 bits per heavy atom. The Bertz CT molecular complexity index is 2610. The second-order valence-electron chi connectivity index (χ2n) is 13.6. The van der Waals surface area contributed by atoms with Gasteiger partial charge in [-0.25, -0.2) is 0 Å². The van der Waals surface area contributed by atoms with Gasteiger partial charge in [0.1, 0.15) is 89.8 Å². The lowest BCUT2D eigenvalue weighted by Crippen LogP contribution is -2.56. The number of anilines is 6. The molecule has 234 valence electrons. The van der Waals surface area contributed by atoms with Crippen molar-refractivity contribution < 1.29 is 4.42 Å². The van der Waals surface area contributed by atoms with Crippen LogP contribution in [0.2, 0.25) is 0 Å². The summed E-state index contributed by atoms with van der Waals surface area (Å²) in [5, 5.41) is 0.990. The number of hydrogen-bond donors (Lipinski definition) is 0. The summed E-state index contributed by atoms with van der Waals surface area (Å²) in [6, 6.07) is 31.7. The second kappa shape index (κ2) is 13.3. The first-order valence-electron chi connectivity index (χ1n) is 16.9. The maximum absolute atomic E-state index is 6.85. The van der Waals surface area contributed by atoms with Gasteiger partial charge < -0.3 is 14.2 Å². The van der Waals surface area contributed by atoms with Gasteiger partial charge in [0.15, 0.2) is 0 Å². The highest BCUT2D eigenvalue weighted by Crippen LogP contribution is 2.70. The predicted octanol–water partition coefficient (Wildman–Crippen LogP) is -0.227. The van der Waals surface area contributed by atoms with E-state index in [-0.39, 0.29) is 54.6 Å². The highest BCUT2D eigenvalue weighted by Gasteiger charge is 2.38. The van der Waals surface area contributed by atoms with E-state index in [2.05, 4.69) is 30.7 Å². The van der Waals surface area contributed by atoms with Crippen LogP contribution in [0, 0.1) is 0 Å². The Kier molecular flexibility index (Phi) is 9.00. The van der Waals surface area contributed by atoms with Crippen LogP contribution in [-0.2, 0) is 0 Å². The summed E-state index contributed by atoms with van der Waals surface area (Å²) in [4.78, 5) is 6.16. The number of fused-ring (bicyclic) bond motifs is 5. The third-order valence-corrected chi connectivity index (χ3v) is 13.1. The van der Waals surface area contributed by atoms with Crippen molar-refractivity contribution in [2.75, 3.05) is 22.3 Å². The van der Waals surface area contributed by atoms with Crippen molar-refractivity contribution in [3.63, 3.8) is 0 Å². The maximum Gasteiger partial charge on any atom is 0.148 e. The van der Waals surface area contributed by atoms with E-state index < -0.39 is 10.0 Å². The van der Waals surface area contributed by atoms with Crippen molar-refractivity contribution >= 4 is 188 Å². The molecule has 0 N–H and O–H groups in total. The summed E-state index contributed by atoms with van der Waals surface area (Å²) in [6.07, 6.45) is 4.54. The van der Waals surface area contributed by atoms with Gasteiger partial charge in [0, 0.05) is 60.9 Å². The number of hydrogen-bond acceptors (Lipinski definition) is 3. The summed E-state index contributed by atoms with van der Waals surface area (Å²) >= 11 is 0. The maximum atomic E-state index is 6.85. The lowest BCUT2D eigenvalue weighted by atomic mass is 9.61. The Labute approximate surface area is 331 Å². The van der Waals surface area contributed by atoms with Gasteiger partial charge in [0.05, 0.1) is 0 Å². The summed E-state index contributed by atoms with van der Waals surface area (Å²) in [6.45, 7) is 0. The van der Waals surface area contributed by atoms with E-state index in [1.807, 2.05) is 88.7 Å². The minimum absolute atomic E-state index is 0.141. The molecule has 14 heteroatoms. The normalized spacial score (nSPS) is 13.4. The van der Waals surface area contributed by atoms with Crippen molar-refractivity contribution in [3.8, 4) is 11.3 Å². The fraction of sp³-hybridized carbons (Fsp3) is 0.0500. The molecule has 20 radical (unpaired) electrons. The van der Waals surface area contributed by atoms with Crippen LogP contribution in [0.3, 0.4) is 0 Å². The molecule has 0 saturated heterocycles.